The van der Waals surface area contributed by atoms with Crippen molar-refractivity contribution in [2.24, 2.45) is 0 Å². The lowest BCUT2D eigenvalue weighted by atomic mass is 10.1. The molecule has 2 aromatic rings. The molecule has 0 atom stereocenters. The molecule has 0 aliphatic carbocycles. The Hall–Kier alpha value is -2.22. The summed E-state index contributed by atoms with van der Waals surface area (Å²) < 4.78 is 0. The first-order valence-electron chi connectivity index (χ1n) is 5.59. The predicted octanol–water partition coefficient (Wildman–Crippen LogP) is 3.48. The van der Waals surface area contributed by atoms with E-state index >= 15 is 0 Å². The van der Waals surface area contributed by atoms with E-state index in [-0.39, 0.29) is 0 Å². The van der Waals surface area contributed by atoms with E-state index in [1.807, 2.05) is 31.3 Å². The number of nitrogens with two attached hydrogens (primary N) is 1. The molecule has 0 saturated carbocycles. The molecule has 0 aliphatic heterocycles. The quantitative estimate of drug-likeness (QED) is 0.618. The first kappa shape index (κ1) is 11.3. The van der Waals surface area contributed by atoms with E-state index in [0.29, 0.717) is 0 Å². The predicted molar refractivity (Wildman–Crippen MR) is 75.8 cm³/mol. The fourth-order valence-electron chi connectivity index (χ4n) is 1.56. The van der Waals surface area contributed by atoms with Crippen LogP contribution in [0.2, 0.25) is 0 Å². The summed E-state index contributed by atoms with van der Waals surface area (Å²) in [4.78, 5) is 0. The van der Waals surface area contributed by atoms with Gasteiger partial charge in [0.2, 0.25) is 0 Å². The zero-order valence-electron chi connectivity index (χ0n) is 9.85. The molecule has 17 heavy (non-hydrogen) atoms. The third kappa shape index (κ3) is 3.11. The van der Waals surface area contributed by atoms with Gasteiger partial charge in [0.25, 0.3) is 0 Å². The summed E-state index contributed by atoms with van der Waals surface area (Å²) >= 11 is 0. The minimum absolute atomic E-state index is 0.792. The lowest BCUT2D eigenvalue weighted by Crippen LogP contribution is -1.86. The molecule has 0 aliphatic rings. The van der Waals surface area contributed by atoms with Crippen LogP contribution < -0.4 is 11.1 Å². The van der Waals surface area contributed by atoms with Crippen LogP contribution >= 0.6 is 0 Å². The van der Waals surface area contributed by atoms with Crippen molar-refractivity contribution in [1.82, 2.24) is 0 Å². The van der Waals surface area contributed by atoms with Crippen molar-refractivity contribution < 1.29 is 0 Å². The molecule has 2 aromatic carbocycles. The van der Waals surface area contributed by atoms with Crippen LogP contribution in [0.15, 0.2) is 48.5 Å². The van der Waals surface area contributed by atoms with Crippen LogP contribution in [0.25, 0.3) is 12.2 Å². The van der Waals surface area contributed by atoms with Gasteiger partial charge in [0.15, 0.2) is 0 Å². The lowest BCUT2D eigenvalue weighted by Gasteiger charge is -1.99. The Morgan fingerprint density at radius 2 is 1.29 bits per heavy atom. The molecule has 0 spiro atoms. The molecule has 0 saturated heterocycles. The van der Waals surface area contributed by atoms with Gasteiger partial charge in [-0.3, -0.25) is 0 Å². The van der Waals surface area contributed by atoms with Crippen molar-refractivity contribution >= 4 is 23.5 Å². The summed E-state index contributed by atoms with van der Waals surface area (Å²) in [7, 11) is 1.92. The minimum atomic E-state index is 0.792. The molecule has 0 fully saturated rings. The van der Waals surface area contributed by atoms with Crippen LogP contribution in [0.1, 0.15) is 11.1 Å². The van der Waals surface area contributed by atoms with Crippen LogP contribution in [-0.2, 0) is 0 Å². The maximum Gasteiger partial charge on any atom is 0.0337 e. The van der Waals surface area contributed by atoms with Gasteiger partial charge in [0, 0.05) is 18.4 Å². The van der Waals surface area contributed by atoms with Crippen LogP contribution in [0.5, 0.6) is 0 Å². The minimum Gasteiger partial charge on any atom is -0.399 e. The molecule has 0 aromatic heterocycles. The molecule has 0 amide bonds. The van der Waals surface area contributed by atoms with Crippen LogP contribution in [-0.4, -0.2) is 7.05 Å². The lowest BCUT2D eigenvalue weighted by molar-refractivity contribution is 1.51. The number of nitrogen functional groups attached to an aromatic ring is 1. The average Bonchev–Trinajstić information content (AvgIpc) is 2.39. The summed E-state index contributed by atoms with van der Waals surface area (Å²) in [6.45, 7) is 0. The zero-order valence-corrected chi connectivity index (χ0v) is 9.85. The third-order valence-electron chi connectivity index (χ3n) is 2.60. The molecule has 2 nitrogen and oxygen atoms in total. The number of nitrogens with one attached hydrogen (secondary N) is 1. The Bertz CT molecular complexity index is 495. The van der Waals surface area contributed by atoms with Gasteiger partial charge in [-0.05, 0) is 35.4 Å². The summed E-state index contributed by atoms with van der Waals surface area (Å²) in [5, 5.41) is 3.10. The maximum atomic E-state index is 5.63. The summed E-state index contributed by atoms with van der Waals surface area (Å²) in [6.07, 6.45) is 4.17. The summed E-state index contributed by atoms with van der Waals surface area (Å²) in [5.74, 6) is 0. The second-order valence-corrected chi connectivity index (χ2v) is 3.87. The molecule has 86 valence electrons. The fraction of sp³-hybridized carbons (Fsp3) is 0.0667. The Labute approximate surface area is 102 Å². The molecule has 2 rings (SSSR count). The van der Waals surface area contributed by atoms with Crippen molar-refractivity contribution in [3.8, 4) is 0 Å². The van der Waals surface area contributed by atoms with Crippen molar-refractivity contribution in [3.63, 3.8) is 0 Å². The third-order valence-corrected chi connectivity index (χ3v) is 2.60. The Morgan fingerprint density at radius 3 is 1.76 bits per heavy atom. The second-order valence-electron chi connectivity index (χ2n) is 3.87. The standard InChI is InChI=1S/C15H16N2/c1-17-15-10-6-13(7-11-15)3-2-12-4-8-14(16)9-5-12/h2-11,17H,16H2,1H3. The van der Waals surface area contributed by atoms with Gasteiger partial charge in [0.05, 0.1) is 0 Å². The van der Waals surface area contributed by atoms with Gasteiger partial charge in [-0.25, -0.2) is 0 Å². The van der Waals surface area contributed by atoms with E-state index in [1.165, 1.54) is 5.56 Å². The molecule has 0 heterocycles. The number of anilines is 2. The zero-order chi connectivity index (χ0) is 12.1. The molecule has 3 N–H and O–H groups in total. The van der Waals surface area contributed by atoms with Gasteiger partial charge < -0.3 is 11.1 Å². The van der Waals surface area contributed by atoms with E-state index in [2.05, 4.69) is 41.7 Å². The Kier molecular flexibility index (Phi) is 3.46. The highest BCUT2D eigenvalue weighted by molar-refractivity contribution is 5.71. The van der Waals surface area contributed by atoms with E-state index in [9.17, 15) is 0 Å². The summed E-state index contributed by atoms with van der Waals surface area (Å²) in [6, 6.07) is 16.1. The van der Waals surface area contributed by atoms with Gasteiger partial charge >= 0.3 is 0 Å². The number of hydrogen-bond acceptors (Lipinski definition) is 2. The SMILES string of the molecule is CNc1ccc(C=Cc2ccc(N)cc2)cc1. The first-order chi connectivity index (χ1) is 8.28. The van der Waals surface area contributed by atoms with Crippen LogP contribution in [0, 0.1) is 0 Å². The molecule has 2 heteroatoms. The topological polar surface area (TPSA) is 38.0 Å². The molecule has 0 bridgehead atoms. The largest absolute Gasteiger partial charge is 0.399 e. The van der Waals surface area contributed by atoms with E-state index in [0.717, 1.165) is 16.9 Å². The molecule has 0 unspecified atom stereocenters. The van der Waals surface area contributed by atoms with Gasteiger partial charge in [-0.2, -0.15) is 0 Å². The number of rotatable bonds is 3. The van der Waals surface area contributed by atoms with E-state index in [1.54, 1.807) is 0 Å². The Morgan fingerprint density at radius 1 is 0.824 bits per heavy atom. The highest BCUT2D eigenvalue weighted by Gasteiger charge is 1.90. The first-order valence-corrected chi connectivity index (χ1v) is 5.59. The van der Waals surface area contributed by atoms with Gasteiger partial charge in [-0.15, -0.1) is 0 Å². The summed E-state index contributed by atoms with van der Waals surface area (Å²) in [5.41, 5.74) is 9.88. The highest BCUT2D eigenvalue weighted by Crippen LogP contribution is 2.13. The molecule has 0 radical (unpaired) electrons. The Balaban J connectivity index is 2.11. The second kappa shape index (κ2) is 5.21. The van der Waals surface area contributed by atoms with Crippen molar-refractivity contribution in [1.29, 1.82) is 0 Å². The van der Waals surface area contributed by atoms with E-state index < -0.39 is 0 Å². The van der Waals surface area contributed by atoms with Crippen molar-refractivity contribution in [2.75, 3.05) is 18.1 Å². The highest BCUT2D eigenvalue weighted by atomic mass is 14.8. The maximum absolute atomic E-state index is 5.63. The van der Waals surface area contributed by atoms with Crippen molar-refractivity contribution in [2.45, 2.75) is 0 Å². The smallest absolute Gasteiger partial charge is 0.0337 e. The number of benzene rings is 2. The van der Waals surface area contributed by atoms with E-state index in [4.69, 9.17) is 5.73 Å². The van der Waals surface area contributed by atoms with Crippen LogP contribution in [0.3, 0.4) is 0 Å². The van der Waals surface area contributed by atoms with Gasteiger partial charge in [0.1, 0.15) is 0 Å². The normalized spacial score (nSPS) is 10.6. The van der Waals surface area contributed by atoms with Crippen LogP contribution in [0.4, 0.5) is 11.4 Å². The monoisotopic (exact) mass is 224 g/mol. The van der Waals surface area contributed by atoms with Crippen molar-refractivity contribution in [3.05, 3.63) is 59.7 Å². The molecular formula is C15H16N2. The molecular weight excluding hydrogens is 208 g/mol. The average molecular weight is 224 g/mol. The number of hydrogen-bond donors (Lipinski definition) is 2. The van der Waals surface area contributed by atoms with Gasteiger partial charge in [-0.1, -0.05) is 36.4 Å². The fourth-order valence-corrected chi connectivity index (χ4v) is 1.56.